The van der Waals surface area contributed by atoms with Gasteiger partial charge in [0, 0.05) is 0 Å². The summed E-state index contributed by atoms with van der Waals surface area (Å²) in [6.07, 6.45) is 0. The third kappa shape index (κ3) is 17.8. The van der Waals surface area contributed by atoms with E-state index in [1.807, 2.05) is 0 Å². The van der Waals surface area contributed by atoms with E-state index in [-0.39, 0.29) is 0 Å². The second kappa shape index (κ2) is 25.3. The molecule has 29 heavy (non-hydrogen) atoms. The number of hydrogen-bond donors (Lipinski definition) is 0. The van der Waals surface area contributed by atoms with Gasteiger partial charge in [0.15, 0.2) is 0 Å². The summed E-state index contributed by atoms with van der Waals surface area (Å²) in [6, 6.07) is 11.0. The van der Waals surface area contributed by atoms with Crippen molar-refractivity contribution < 1.29 is 0 Å². The molecular formula is C7H8I22. The normalized spacial score (nSPS) is 17.3. The molecule has 190 valence electrons. The van der Waals surface area contributed by atoms with Crippen LogP contribution in [-0.4, -0.2) is 0.594 Å². The number of halogens is 22. The average Bonchev–Trinajstić information content (AvgIpc) is 2.74. The zero-order valence-electron chi connectivity index (χ0n) is 13.4. The molecule has 1 aromatic rings. The van der Waals surface area contributed by atoms with Crippen LogP contribution < -0.4 is 0 Å². The maximum absolute atomic E-state index is 9.11. The van der Waals surface area contributed by atoms with E-state index in [9.17, 15) is 0 Å². The van der Waals surface area contributed by atoms with Gasteiger partial charge in [0.05, 0.1) is 0 Å². The first-order valence-corrected chi connectivity index (χ1v) is 139. The van der Waals surface area contributed by atoms with Gasteiger partial charge < -0.3 is 0 Å². The van der Waals surface area contributed by atoms with Crippen molar-refractivity contribution in [2.24, 2.45) is 0 Å². The summed E-state index contributed by atoms with van der Waals surface area (Å²) in [5, 5.41) is 0. The molecular weight excluding hydrogens is 2880 g/mol. The molecule has 1 aromatic carbocycles. The van der Waals surface area contributed by atoms with Crippen LogP contribution in [0.15, 0.2) is 30.3 Å². The van der Waals surface area contributed by atoms with Crippen molar-refractivity contribution in [2.45, 2.75) is 4.43 Å². The Balaban J connectivity index is 2.74. The first-order chi connectivity index (χ1) is 13.9. The first-order valence-electron chi connectivity index (χ1n) is 5.91. The Morgan fingerprint density at radius 2 is 0.966 bits per heavy atom. The van der Waals surface area contributed by atoms with E-state index in [4.69, 9.17) is 0.594 Å². The molecule has 0 aliphatic rings. The van der Waals surface area contributed by atoms with Crippen molar-refractivity contribution in [3.63, 3.8) is 0 Å². The summed E-state index contributed by atoms with van der Waals surface area (Å²) in [7, 11) is -6.03. The van der Waals surface area contributed by atoms with Crippen LogP contribution in [0.25, 0.3) is 0 Å². The number of rotatable bonds is 12. The van der Waals surface area contributed by atoms with Crippen LogP contribution in [0.2, 0.25) is 0 Å². The van der Waals surface area contributed by atoms with E-state index >= 15 is 0 Å². The second-order valence-electron chi connectivity index (χ2n) is 3.34. The Morgan fingerprint density at radius 3 is 1.38 bits per heavy atom. The molecule has 0 saturated heterocycles. The quantitative estimate of drug-likeness (QED) is 0.145. The molecule has 0 radical (unpaired) electrons. The zero-order chi connectivity index (χ0) is 23.2. The van der Waals surface area contributed by atoms with E-state index in [2.05, 4.69) is 235 Å². The van der Waals surface area contributed by atoms with Gasteiger partial charge in [-0.25, -0.2) is 0 Å². The molecule has 0 aliphatic heterocycles. The van der Waals surface area contributed by atoms with Gasteiger partial charge in [-0.1, -0.05) is 0 Å². The van der Waals surface area contributed by atoms with Gasteiger partial charge in [0.25, 0.3) is 0 Å². The third-order valence-corrected chi connectivity index (χ3v) is 1510. The SMILES string of the molecule is [2H]I(Cc1ccccc1)I(I)I(I)I(I)I(I)I(I)I(I)I(I)I(I)I(I)I(I)I. The van der Waals surface area contributed by atoms with Crippen LogP contribution in [0.1, 0.15) is 5.56 Å². The van der Waals surface area contributed by atoms with Crippen molar-refractivity contribution in [1.82, 2.24) is 0 Å². The molecule has 0 aliphatic carbocycles. The first kappa shape index (κ1) is 40.5. The second-order valence-corrected chi connectivity index (χ2v) is 496. The van der Waals surface area contributed by atoms with Crippen LogP contribution in [0.5, 0.6) is 0 Å². The Hall–Kier alpha value is 15.3. The summed E-state index contributed by atoms with van der Waals surface area (Å²) >= 11 is 32.5. The van der Waals surface area contributed by atoms with Crippen LogP contribution in [0, 0.1) is 0 Å². The van der Waals surface area contributed by atoms with Crippen LogP contribution >= 0.6 is 301 Å². The van der Waals surface area contributed by atoms with Crippen LogP contribution in [0.4, 0.5) is 0 Å². The van der Waals surface area contributed by atoms with E-state index in [1.54, 1.807) is 0 Å². The van der Waals surface area contributed by atoms with Crippen molar-refractivity contribution in [1.29, 1.82) is 0.594 Å². The van der Waals surface area contributed by atoms with E-state index < -0.39 is 96.0 Å². The van der Waals surface area contributed by atoms with Gasteiger partial charge in [0.1, 0.15) is 0 Å². The number of benzene rings is 1. The van der Waals surface area contributed by atoms with Gasteiger partial charge in [-0.2, -0.15) is 0 Å². The van der Waals surface area contributed by atoms with Gasteiger partial charge >= 0.3 is 342 Å². The Bertz CT molecular complexity index is 602. The molecule has 0 N–H and O–H groups in total. The molecule has 0 saturated carbocycles. The Kier molecular flexibility index (Phi) is 35.3. The molecule has 0 unspecified atom stereocenters. The molecule has 0 bridgehead atoms. The summed E-state index contributed by atoms with van der Waals surface area (Å²) in [4.78, 5) is 0. The molecule has 0 aromatic heterocycles. The van der Waals surface area contributed by atoms with Gasteiger partial charge in [-0.3, -0.25) is 0 Å². The van der Waals surface area contributed by atoms with E-state index in [0.29, 0.717) is 0 Å². The fourth-order valence-corrected chi connectivity index (χ4v) is 3430. The fourth-order valence-electron chi connectivity index (χ4n) is 0.939. The van der Waals surface area contributed by atoms with Crippen LogP contribution in [0.3, 0.4) is 0 Å². The van der Waals surface area contributed by atoms with E-state index in [1.165, 1.54) is 9.99 Å². The Morgan fingerprint density at radius 1 is 0.586 bits per heavy atom. The molecule has 1 rings (SSSR count). The van der Waals surface area contributed by atoms with Gasteiger partial charge in [-0.15, -0.1) is 0 Å². The minimum absolute atomic E-state index is 0.467. The minimum atomic E-state index is -1.43. The number of hydrogen-bond acceptors (Lipinski definition) is 0. The summed E-state index contributed by atoms with van der Waals surface area (Å²) in [5.74, 6) is 0. The molecule has 0 nitrogen and oxygen atoms in total. The van der Waals surface area contributed by atoms with Crippen molar-refractivity contribution in [3.05, 3.63) is 35.9 Å². The van der Waals surface area contributed by atoms with Gasteiger partial charge in [-0.05, 0) is 0 Å². The van der Waals surface area contributed by atoms with Gasteiger partial charge in [0.2, 0.25) is 0 Å². The fraction of sp³-hybridized carbons (Fsp3) is 0.143. The monoisotopic (exact) mass is 2880 g/mol. The average molecular weight is 2890 g/mol. The Labute approximate surface area is 324 Å². The molecule has 0 fully saturated rings. The molecule has 0 atom stereocenters. The predicted molar refractivity (Wildman–Crippen MR) is 340 cm³/mol. The molecule has 22 heteroatoms. The summed E-state index contributed by atoms with van der Waals surface area (Å²) in [6.45, 7) is 0. The van der Waals surface area contributed by atoms with Crippen molar-refractivity contribution in [2.75, 3.05) is 0 Å². The molecule has 0 amide bonds. The topological polar surface area (TPSA) is 0 Å². The summed E-state index contributed by atoms with van der Waals surface area (Å²) in [5.41, 5.74) is 1.48. The zero-order valence-corrected chi connectivity index (χ0v) is 59.9. The third-order valence-electron chi connectivity index (χ3n) is 1.86. The predicted octanol–water partition coefficient (Wildman–Crippen LogP) is 21.0. The summed E-state index contributed by atoms with van der Waals surface area (Å²) < 4.78 is 10.3. The van der Waals surface area contributed by atoms with Crippen molar-refractivity contribution >= 4 is 301 Å². The van der Waals surface area contributed by atoms with Crippen LogP contribution in [-0.2, 0) is 4.43 Å². The maximum atomic E-state index is 9.11. The van der Waals surface area contributed by atoms with Crippen molar-refractivity contribution in [3.8, 4) is 0 Å². The molecule has 0 spiro atoms. The standard InChI is InChI=1S/C7H8I22/c8-20(9)22(11)24(13)26(15)28(17)29(18)27(16)25(14)23(12)21(10)19-6-7-4-2-1-3-5-7/h1-5,19H,6H2/i19D. The number of alkyl halides is 1. The molecule has 0 heterocycles. The van der Waals surface area contributed by atoms with E-state index in [0.717, 1.165) is 0 Å².